The van der Waals surface area contributed by atoms with Crippen molar-refractivity contribution in [3.05, 3.63) is 104 Å². The Morgan fingerprint density at radius 1 is 0.868 bits per heavy atom. The number of nitrogens with zero attached hydrogens (tertiary/aromatic N) is 1. The number of carbonyl (C=O) groups is 2. The summed E-state index contributed by atoms with van der Waals surface area (Å²) < 4.78 is 0. The molecule has 0 aliphatic rings. The van der Waals surface area contributed by atoms with Gasteiger partial charge in [-0.15, -0.1) is 11.8 Å². The number of nitrogens with one attached hydrogen (secondary N) is 1. The molecule has 0 heterocycles. The summed E-state index contributed by atoms with van der Waals surface area (Å²) in [6, 6.07) is 19.6. The van der Waals surface area contributed by atoms with Crippen molar-refractivity contribution in [1.82, 2.24) is 10.2 Å². The van der Waals surface area contributed by atoms with Crippen LogP contribution in [0.5, 0.6) is 0 Å². The van der Waals surface area contributed by atoms with Crippen molar-refractivity contribution in [1.29, 1.82) is 0 Å². The average Bonchev–Trinajstić information content (AvgIpc) is 2.90. The Morgan fingerprint density at radius 2 is 1.58 bits per heavy atom. The van der Waals surface area contributed by atoms with E-state index in [0.717, 1.165) is 29.5 Å². The van der Waals surface area contributed by atoms with E-state index in [1.54, 1.807) is 35.2 Å². The topological polar surface area (TPSA) is 49.4 Å². The first-order valence-corrected chi connectivity index (χ1v) is 15.0. The Kier molecular flexibility index (Phi) is 12.6. The molecule has 38 heavy (non-hydrogen) atoms. The number of unbranched alkanes of at least 4 members (excludes halogenated alkanes) is 1. The number of thioether (sulfide) groups is 1. The highest BCUT2D eigenvalue weighted by molar-refractivity contribution is 7.99. The number of hydrogen-bond donors (Lipinski definition) is 1. The molecule has 0 bridgehead atoms. The van der Waals surface area contributed by atoms with Crippen LogP contribution in [-0.2, 0) is 28.3 Å². The van der Waals surface area contributed by atoms with Crippen LogP contribution in [0.1, 0.15) is 36.5 Å². The largest absolute Gasteiger partial charge is 0.354 e. The van der Waals surface area contributed by atoms with Crippen LogP contribution in [0.4, 0.5) is 0 Å². The number of hydrogen-bond acceptors (Lipinski definition) is 3. The van der Waals surface area contributed by atoms with E-state index in [0.29, 0.717) is 38.8 Å². The van der Waals surface area contributed by atoms with Crippen molar-refractivity contribution < 1.29 is 9.59 Å². The van der Waals surface area contributed by atoms with Gasteiger partial charge in [0, 0.05) is 35.3 Å². The molecule has 0 aliphatic heterocycles. The molecule has 0 aliphatic carbocycles. The zero-order valence-corrected chi connectivity index (χ0v) is 24.9. The molecular weight excluding hydrogens is 582 g/mol. The van der Waals surface area contributed by atoms with E-state index in [2.05, 4.69) is 12.2 Å². The minimum absolute atomic E-state index is 0.149. The minimum Gasteiger partial charge on any atom is -0.354 e. The van der Waals surface area contributed by atoms with Gasteiger partial charge in [0.05, 0.1) is 15.8 Å². The first-order chi connectivity index (χ1) is 18.3. The first kappa shape index (κ1) is 30.6. The molecule has 1 N–H and O–H groups in total. The third-order valence-corrected chi connectivity index (χ3v) is 8.36. The van der Waals surface area contributed by atoms with Crippen LogP contribution in [0.2, 0.25) is 20.1 Å². The first-order valence-electron chi connectivity index (χ1n) is 12.4. The summed E-state index contributed by atoms with van der Waals surface area (Å²) in [5.41, 5.74) is 2.53. The van der Waals surface area contributed by atoms with Gasteiger partial charge in [0.15, 0.2) is 0 Å². The van der Waals surface area contributed by atoms with E-state index in [-0.39, 0.29) is 24.1 Å². The molecule has 0 spiro atoms. The van der Waals surface area contributed by atoms with E-state index in [4.69, 9.17) is 46.4 Å². The lowest BCUT2D eigenvalue weighted by Gasteiger charge is -2.31. The highest BCUT2D eigenvalue weighted by Crippen LogP contribution is 2.29. The SMILES string of the molecule is CCCCNC(=O)C(Cc1ccccc1)N(Cc1ccc(Cl)c(Cl)c1)C(=O)CSCc1c(Cl)cccc1Cl. The summed E-state index contributed by atoms with van der Waals surface area (Å²) in [6.07, 6.45) is 2.20. The van der Waals surface area contributed by atoms with E-state index >= 15 is 0 Å². The van der Waals surface area contributed by atoms with E-state index < -0.39 is 6.04 Å². The summed E-state index contributed by atoms with van der Waals surface area (Å²) >= 11 is 26.4. The van der Waals surface area contributed by atoms with Gasteiger partial charge in [-0.3, -0.25) is 9.59 Å². The van der Waals surface area contributed by atoms with Gasteiger partial charge in [0.2, 0.25) is 11.8 Å². The Hall–Kier alpha value is -1.89. The standard InChI is InChI=1S/C29H30Cl4N2O2S/c1-2-3-14-34-29(37)27(16-20-8-5-4-6-9-20)35(17-21-12-13-25(32)26(33)15-21)28(36)19-38-18-22-23(30)10-7-11-24(22)31/h4-13,15,27H,2-3,14,16-19H2,1H3,(H,34,37). The van der Waals surface area contributed by atoms with Gasteiger partial charge in [-0.2, -0.15) is 0 Å². The highest BCUT2D eigenvalue weighted by Gasteiger charge is 2.30. The van der Waals surface area contributed by atoms with Crippen LogP contribution in [0.25, 0.3) is 0 Å². The summed E-state index contributed by atoms with van der Waals surface area (Å²) in [6.45, 7) is 2.83. The molecule has 4 nitrogen and oxygen atoms in total. The monoisotopic (exact) mass is 610 g/mol. The predicted octanol–water partition coefficient (Wildman–Crippen LogP) is 8.09. The van der Waals surface area contributed by atoms with Crippen LogP contribution in [0, 0.1) is 0 Å². The highest BCUT2D eigenvalue weighted by atomic mass is 35.5. The maximum Gasteiger partial charge on any atom is 0.243 e. The van der Waals surface area contributed by atoms with Gasteiger partial charge >= 0.3 is 0 Å². The fourth-order valence-electron chi connectivity index (χ4n) is 3.89. The molecule has 202 valence electrons. The molecule has 0 fully saturated rings. The Balaban J connectivity index is 1.87. The van der Waals surface area contributed by atoms with E-state index in [9.17, 15) is 9.59 Å². The number of halogens is 4. The van der Waals surface area contributed by atoms with Crippen LogP contribution in [0.15, 0.2) is 66.7 Å². The third-order valence-electron chi connectivity index (χ3n) is 5.97. The zero-order chi connectivity index (χ0) is 27.5. The van der Waals surface area contributed by atoms with Crippen molar-refractivity contribution in [3.8, 4) is 0 Å². The second-order valence-corrected chi connectivity index (χ2v) is 11.4. The van der Waals surface area contributed by atoms with Gasteiger partial charge in [-0.05, 0) is 47.4 Å². The summed E-state index contributed by atoms with van der Waals surface area (Å²) in [7, 11) is 0. The van der Waals surface area contributed by atoms with Crippen molar-refractivity contribution in [2.75, 3.05) is 12.3 Å². The van der Waals surface area contributed by atoms with Gasteiger partial charge in [-0.25, -0.2) is 0 Å². The van der Waals surface area contributed by atoms with Gasteiger partial charge in [0.25, 0.3) is 0 Å². The average molecular weight is 612 g/mol. The van der Waals surface area contributed by atoms with Crippen molar-refractivity contribution in [2.24, 2.45) is 0 Å². The molecule has 0 saturated heterocycles. The summed E-state index contributed by atoms with van der Waals surface area (Å²) in [4.78, 5) is 28.8. The van der Waals surface area contributed by atoms with Crippen molar-refractivity contribution >= 4 is 70.0 Å². The molecule has 3 aromatic carbocycles. The number of carbonyl (C=O) groups excluding carboxylic acids is 2. The molecule has 9 heteroatoms. The number of rotatable bonds is 13. The molecule has 0 aromatic heterocycles. The lowest BCUT2D eigenvalue weighted by Crippen LogP contribution is -2.51. The fraction of sp³-hybridized carbons (Fsp3) is 0.310. The van der Waals surface area contributed by atoms with E-state index in [1.807, 2.05) is 36.4 Å². The Morgan fingerprint density at radius 3 is 2.24 bits per heavy atom. The van der Waals surface area contributed by atoms with Crippen LogP contribution in [0.3, 0.4) is 0 Å². The van der Waals surface area contributed by atoms with Crippen LogP contribution in [-0.4, -0.2) is 35.1 Å². The van der Waals surface area contributed by atoms with Crippen LogP contribution >= 0.6 is 58.2 Å². The van der Waals surface area contributed by atoms with E-state index in [1.165, 1.54) is 11.8 Å². The molecular formula is C29H30Cl4N2O2S. The predicted molar refractivity (Wildman–Crippen MR) is 161 cm³/mol. The molecule has 1 atom stereocenters. The zero-order valence-electron chi connectivity index (χ0n) is 21.1. The summed E-state index contributed by atoms with van der Waals surface area (Å²) in [5.74, 6) is 0.263. The summed E-state index contributed by atoms with van der Waals surface area (Å²) in [5, 5.41) is 4.96. The second-order valence-electron chi connectivity index (χ2n) is 8.81. The maximum absolute atomic E-state index is 13.7. The lowest BCUT2D eigenvalue weighted by atomic mass is 10.0. The molecule has 2 amide bonds. The molecule has 1 unspecified atom stereocenters. The minimum atomic E-state index is -0.708. The Labute approximate surface area is 249 Å². The van der Waals surface area contributed by atoms with Gasteiger partial charge in [-0.1, -0.05) is 102 Å². The van der Waals surface area contributed by atoms with Crippen molar-refractivity contribution in [3.63, 3.8) is 0 Å². The van der Waals surface area contributed by atoms with Crippen LogP contribution < -0.4 is 5.32 Å². The normalized spacial score (nSPS) is 11.7. The molecule has 3 rings (SSSR count). The van der Waals surface area contributed by atoms with Gasteiger partial charge in [0.1, 0.15) is 6.04 Å². The smallest absolute Gasteiger partial charge is 0.243 e. The number of benzene rings is 3. The maximum atomic E-state index is 13.7. The number of amides is 2. The molecule has 3 aromatic rings. The Bertz CT molecular complexity index is 1210. The second kappa shape index (κ2) is 15.6. The van der Waals surface area contributed by atoms with Gasteiger partial charge < -0.3 is 10.2 Å². The third kappa shape index (κ3) is 9.10. The lowest BCUT2D eigenvalue weighted by molar-refractivity contribution is -0.139. The quantitative estimate of drug-likeness (QED) is 0.199. The molecule has 0 radical (unpaired) electrons. The van der Waals surface area contributed by atoms with Crippen molar-refractivity contribution in [2.45, 2.75) is 44.5 Å². The fourth-order valence-corrected chi connectivity index (χ4v) is 5.86. The molecule has 0 saturated carbocycles.